The molecule has 0 fully saturated rings. The lowest BCUT2D eigenvalue weighted by Crippen LogP contribution is -2.10. The molecule has 0 aliphatic rings. The van der Waals surface area contributed by atoms with E-state index in [0.29, 0.717) is 0 Å². The molecule has 0 aliphatic heterocycles. The van der Waals surface area contributed by atoms with Gasteiger partial charge in [0.2, 0.25) is 0 Å². The van der Waals surface area contributed by atoms with E-state index in [4.69, 9.17) is 19.3 Å². The van der Waals surface area contributed by atoms with Crippen LogP contribution in [0, 0.1) is 10.1 Å². The van der Waals surface area contributed by atoms with Crippen molar-refractivity contribution in [2.75, 3.05) is 0 Å². The minimum atomic E-state index is -5.12. The lowest BCUT2D eigenvalue weighted by atomic mass is 10.3. The first kappa shape index (κ1) is 18.0. The number of phenols is 2. The molecule has 0 radical (unpaired) electrons. The molecule has 0 aliphatic carbocycles. The average molecular weight is 333 g/mol. The Kier molecular flexibility index (Phi) is 5.79. The zero-order chi connectivity index (χ0) is 16.1. The molecular formula is C6H7NO11S2. The van der Waals surface area contributed by atoms with Crippen LogP contribution in [0.4, 0.5) is 5.69 Å². The van der Waals surface area contributed by atoms with Crippen LogP contribution in [0.25, 0.3) is 0 Å². The van der Waals surface area contributed by atoms with Crippen LogP contribution in [0.3, 0.4) is 0 Å². The minimum absolute atomic E-state index is 0.250. The van der Waals surface area contributed by atoms with Gasteiger partial charge in [-0.1, -0.05) is 0 Å². The third-order valence-corrected chi connectivity index (χ3v) is 2.72. The number of hydrogen-bond donors (Lipinski definition) is 4. The van der Waals surface area contributed by atoms with Crippen molar-refractivity contribution in [3.63, 3.8) is 0 Å². The number of nitro benzene ring substituents is 1. The van der Waals surface area contributed by atoms with E-state index < -0.39 is 31.5 Å². The van der Waals surface area contributed by atoms with E-state index in [1.165, 1.54) is 0 Å². The van der Waals surface area contributed by atoms with Crippen molar-refractivity contribution in [3.8, 4) is 11.5 Å². The fourth-order valence-electron chi connectivity index (χ4n) is 0.734. The highest BCUT2D eigenvalue weighted by atomic mass is 32.3. The van der Waals surface area contributed by atoms with E-state index >= 15 is 0 Å². The van der Waals surface area contributed by atoms with Crippen molar-refractivity contribution in [1.82, 2.24) is 0 Å². The van der Waals surface area contributed by atoms with Crippen LogP contribution >= 0.6 is 0 Å². The summed E-state index contributed by atoms with van der Waals surface area (Å²) in [5.74, 6) is -0.852. The normalized spacial score (nSPS) is 11.3. The van der Waals surface area contributed by atoms with Gasteiger partial charge in [-0.25, -0.2) is 0 Å². The van der Waals surface area contributed by atoms with Gasteiger partial charge >= 0.3 is 20.8 Å². The highest BCUT2D eigenvalue weighted by Crippen LogP contribution is 2.28. The second-order valence-corrected chi connectivity index (χ2v) is 5.11. The molecule has 0 aromatic heterocycles. The first-order valence-electron chi connectivity index (χ1n) is 4.14. The number of hydrogen-bond acceptors (Lipinski definition) is 9. The van der Waals surface area contributed by atoms with Gasteiger partial charge < -0.3 is 10.2 Å². The second kappa shape index (κ2) is 6.44. The molecule has 4 N–H and O–H groups in total. The molecule has 0 atom stereocenters. The van der Waals surface area contributed by atoms with E-state index in [0.717, 1.165) is 18.2 Å². The lowest BCUT2D eigenvalue weighted by molar-refractivity contribution is -0.385. The first-order chi connectivity index (χ1) is 8.82. The van der Waals surface area contributed by atoms with Gasteiger partial charge in [-0.05, 0) is 6.07 Å². The minimum Gasteiger partial charge on any atom is -0.504 e. The predicted octanol–water partition coefficient (Wildman–Crippen LogP) is -0.385. The Bertz CT molecular complexity index is 662. The van der Waals surface area contributed by atoms with E-state index in [9.17, 15) is 26.9 Å². The van der Waals surface area contributed by atoms with Gasteiger partial charge in [0.1, 0.15) is 0 Å². The van der Waals surface area contributed by atoms with E-state index in [2.05, 4.69) is 3.63 Å². The molecule has 14 heteroatoms. The summed E-state index contributed by atoms with van der Waals surface area (Å²) < 4.78 is 55.6. The summed E-state index contributed by atoms with van der Waals surface area (Å²) in [6, 6.07) is 3.05. The van der Waals surface area contributed by atoms with Crippen molar-refractivity contribution >= 4 is 26.5 Å². The summed E-state index contributed by atoms with van der Waals surface area (Å²) in [6.45, 7) is 0. The monoisotopic (exact) mass is 333 g/mol. The SMILES string of the molecule is O=S(=O)(O)OS(=O)(=O)O.O=[N+]([O-])c1ccc(O)c(O)c1. The van der Waals surface area contributed by atoms with Gasteiger partial charge in [0.25, 0.3) is 5.69 Å². The zero-order valence-corrected chi connectivity index (χ0v) is 10.8. The Morgan fingerprint density at radius 3 is 1.70 bits per heavy atom. The molecule has 1 aromatic rings. The van der Waals surface area contributed by atoms with Crippen LogP contribution in [0.1, 0.15) is 0 Å². The van der Waals surface area contributed by atoms with Crippen molar-refractivity contribution in [3.05, 3.63) is 28.3 Å². The maximum atomic E-state index is 10.1. The highest BCUT2D eigenvalue weighted by molar-refractivity contribution is 7.94. The van der Waals surface area contributed by atoms with E-state index in [1.54, 1.807) is 0 Å². The van der Waals surface area contributed by atoms with Crippen molar-refractivity contribution in [1.29, 1.82) is 0 Å². The standard InChI is InChI=1S/C6H5NO4.H2O7S2/c8-5-2-1-4(7(10)11)3-6(5)9;1-8(2,3)7-9(4,5)6/h1-3,8-9H;(H,1,2,3)(H,4,5,6). The smallest absolute Gasteiger partial charge is 0.413 e. The van der Waals surface area contributed by atoms with Gasteiger partial charge in [-0.3, -0.25) is 19.2 Å². The number of nitrogens with zero attached hydrogens (tertiary/aromatic N) is 1. The van der Waals surface area contributed by atoms with Gasteiger partial charge in [-0.2, -0.15) is 16.8 Å². The van der Waals surface area contributed by atoms with Crippen molar-refractivity contribution < 1.29 is 44.7 Å². The lowest BCUT2D eigenvalue weighted by Gasteiger charge is -1.94. The quantitative estimate of drug-likeness (QED) is 0.243. The third kappa shape index (κ3) is 8.16. The van der Waals surface area contributed by atoms with Gasteiger partial charge in [0, 0.05) is 6.07 Å². The topological polar surface area (TPSA) is 202 Å². The molecule has 1 rings (SSSR count). The Morgan fingerprint density at radius 2 is 1.45 bits per heavy atom. The van der Waals surface area contributed by atoms with Crippen molar-refractivity contribution in [2.45, 2.75) is 0 Å². The molecule has 1 aromatic carbocycles. The Morgan fingerprint density at radius 1 is 1.00 bits per heavy atom. The molecule has 0 spiro atoms. The fraction of sp³-hybridized carbons (Fsp3) is 0. The summed E-state index contributed by atoms with van der Waals surface area (Å²) in [6.07, 6.45) is 0. The van der Waals surface area contributed by atoms with E-state index in [-0.39, 0.29) is 11.4 Å². The van der Waals surface area contributed by atoms with Crippen LogP contribution in [0.15, 0.2) is 18.2 Å². The predicted molar refractivity (Wildman–Crippen MR) is 60.6 cm³/mol. The highest BCUT2D eigenvalue weighted by Gasteiger charge is 2.15. The summed E-state index contributed by atoms with van der Waals surface area (Å²) in [7, 11) is -10.2. The van der Waals surface area contributed by atoms with Gasteiger partial charge in [0.05, 0.1) is 11.0 Å². The van der Waals surface area contributed by atoms with Crippen LogP contribution < -0.4 is 0 Å². The first-order valence-corrected chi connectivity index (χ1v) is 6.87. The summed E-state index contributed by atoms with van der Waals surface area (Å²) in [5, 5.41) is 27.6. The fourth-order valence-corrected chi connectivity index (χ4v) is 1.60. The average Bonchev–Trinajstić information content (AvgIpc) is 2.17. The number of phenolic OH excluding ortho intramolecular Hbond substituents is 2. The molecule has 114 valence electrons. The largest absolute Gasteiger partial charge is 0.504 e. The molecular weight excluding hydrogens is 326 g/mol. The van der Waals surface area contributed by atoms with Crippen molar-refractivity contribution in [2.24, 2.45) is 0 Å². The molecule has 0 bridgehead atoms. The maximum absolute atomic E-state index is 10.1. The number of aromatic hydroxyl groups is 2. The molecule has 0 saturated carbocycles. The Labute approximate surface area is 111 Å². The summed E-state index contributed by atoms with van der Waals surface area (Å²) in [5.41, 5.74) is -0.250. The molecule has 20 heavy (non-hydrogen) atoms. The number of rotatable bonds is 3. The van der Waals surface area contributed by atoms with Gasteiger partial charge in [0.15, 0.2) is 11.5 Å². The second-order valence-electron chi connectivity index (χ2n) is 2.85. The van der Waals surface area contributed by atoms with Crippen LogP contribution in [-0.2, 0) is 24.4 Å². The molecule has 0 heterocycles. The third-order valence-electron chi connectivity index (χ3n) is 1.34. The number of benzene rings is 1. The van der Waals surface area contributed by atoms with E-state index in [1.807, 2.05) is 0 Å². The number of non-ortho nitro benzene ring substituents is 1. The molecule has 0 amide bonds. The molecule has 0 unspecified atom stereocenters. The molecule has 12 nitrogen and oxygen atoms in total. The number of nitro groups is 1. The van der Waals surface area contributed by atoms with Crippen LogP contribution in [0.2, 0.25) is 0 Å². The van der Waals surface area contributed by atoms with Gasteiger partial charge in [-0.15, -0.1) is 3.63 Å². The maximum Gasteiger partial charge on any atom is 0.413 e. The summed E-state index contributed by atoms with van der Waals surface area (Å²) >= 11 is 0. The Hall–Kier alpha value is -2.00. The molecule has 0 saturated heterocycles. The zero-order valence-electron chi connectivity index (χ0n) is 9.14. The van der Waals surface area contributed by atoms with Crippen LogP contribution in [-0.4, -0.2) is 41.1 Å². The van der Waals surface area contributed by atoms with Crippen LogP contribution in [0.5, 0.6) is 11.5 Å². The Balaban J connectivity index is 0.000000370. The summed E-state index contributed by atoms with van der Waals surface area (Å²) in [4.78, 5) is 9.42.